The van der Waals surface area contributed by atoms with E-state index in [4.69, 9.17) is 28.4 Å². The maximum atomic E-state index is 12.4. The third-order valence-electron chi connectivity index (χ3n) is 3.69. The van der Waals surface area contributed by atoms with Gasteiger partial charge in [0.05, 0.1) is 39.6 Å². The van der Waals surface area contributed by atoms with E-state index in [1.165, 1.54) is 52.7 Å². The van der Waals surface area contributed by atoms with Crippen LogP contribution in [0.5, 0.6) is 34.5 Å². The largest absolute Gasteiger partial charge is 0.519 e. The quantitative estimate of drug-likeness (QED) is 0.382. The van der Waals surface area contributed by atoms with Gasteiger partial charge in [0.2, 0.25) is 11.5 Å². The molecule has 0 saturated heterocycles. The van der Waals surface area contributed by atoms with Crippen LogP contribution in [-0.4, -0.2) is 47.2 Å². The first-order valence-corrected chi connectivity index (χ1v) is 7.84. The number of methoxy groups -OCH3 is 4. The van der Waals surface area contributed by atoms with Gasteiger partial charge < -0.3 is 28.4 Å². The lowest BCUT2D eigenvalue weighted by atomic mass is 10.2. The van der Waals surface area contributed by atoms with Crippen LogP contribution in [0.4, 0.5) is 4.79 Å². The Morgan fingerprint density at radius 1 is 0.643 bits per heavy atom. The van der Waals surface area contributed by atoms with Gasteiger partial charge in [-0.05, 0) is 24.3 Å². The Morgan fingerprint density at radius 2 is 1.04 bits per heavy atom. The van der Waals surface area contributed by atoms with Gasteiger partial charge in [0.15, 0.2) is 35.6 Å². The van der Waals surface area contributed by atoms with Crippen molar-refractivity contribution in [1.29, 1.82) is 0 Å². The molecular weight excluding hydrogens is 372 g/mol. The molecule has 0 aliphatic carbocycles. The summed E-state index contributed by atoms with van der Waals surface area (Å²) in [6.07, 6.45) is -0.273. The molecular formula is C19H18O9. The molecule has 2 rings (SSSR count). The Kier molecular flexibility index (Phi) is 6.80. The lowest BCUT2D eigenvalue weighted by Crippen LogP contribution is -2.17. The Hall–Kier alpha value is -3.75. The van der Waals surface area contributed by atoms with Gasteiger partial charge in [0.25, 0.3) is 0 Å². The van der Waals surface area contributed by atoms with E-state index in [-0.39, 0.29) is 45.6 Å². The van der Waals surface area contributed by atoms with E-state index in [9.17, 15) is 14.4 Å². The molecule has 0 heterocycles. The lowest BCUT2D eigenvalue weighted by Gasteiger charge is -2.16. The average molecular weight is 390 g/mol. The summed E-state index contributed by atoms with van der Waals surface area (Å²) in [7, 11) is 5.41. The Labute approximate surface area is 160 Å². The zero-order chi connectivity index (χ0) is 20.7. The van der Waals surface area contributed by atoms with Crippen molar-refractivity contribution in [3.63, 3.8) is 0 Å². The number of carbonyl (C=O) groups excluding carboxylic acids is 3. The molecule has 0 N–H and O–H groups in total. The zero-order valence-electron chi connectivity index (χ0n) is 15.6. The van der Waals surface area contributed by atoms with Crippen molar-refractivity contribution in [1.82, 2.24) is 0 Å². The summed E-state index contributed by atoms with van der Waals surface area (Å²) in [4.78, 5) is 35.0. The summed E-state index contributed by atoms with van der Waals surface area (Å²) in [6, 6.07) is 5.74. The minimum atomic E-state index is -1.23. The highest BCUT2D eigenvalue weighted by Crippen LogP contribution is 2.41. The predicted octanol–water partition coefficient (Wildman–Crippen LogP) is 2.92. The normalized spacial score (nSPS) is 9.86. The number of hydrogen-bond acceptors (Lipinski definition) is 9. The fourth-order valence-electron chi connectivity index (χ4n) is 2.41. The molecule has 0 saturated carbocycles. The van der Waals surface area contributed by atoms with Crippen LogP contribution in [0.1, 0.15) is 20.7 Å². The van der Waals surface area contributed by atoms with Crippen LogP contribution < -0.4 is 28.4 Å². The molecule has 9 nitrogen and oxygen atoms in total. The van der Waals surface area contributed by atoms with Crippen LogP contribution in [0.2, 0.25) is 0 Å². The van der Waals surface area contributed by atoms with E-state index in [0.29, 0.717) is 12.6 Å². The fourth-order valence-corrected chi connectivity index (χ4v) is 2.41. The first-order chi connectivity index (χ1) is 13.5. The second-order valence-electron chi connectivity index (χ2n) is 5.13. The number of hydrogen-bond donors (Lipinski definition) is 0. The smallest absolute Gasteiger partial charge is 0.493 e. The Balaban J connectivity index is 2.43. The van der Waals surface area contributed by atoms with Crippen LogP contribution in [0.25, 0.3) is 0 Å². The molecule has 2 aromatic rings. The number of rotatable bonds is 8. The highest BCUT2D eigenvalue weighted by molar-refractivity contribution is 5.87. The standard InChI is InChI=1S/C19H18O9/c1-23-13-7-5-11(9-20)15(17(13)25-3)27-19(22)28-16-12(10-21)6-8-14(24-2)18(16)26-4/h5-10H,1-4H3. The molecule has 0 aromatic heterocycles. The molecule has 148 valence electrons. The van der Waals surface area contributed by atoms with Crippen molar-refractivity contribution in [2.75, 3.05) is 28.4 Å². The van der Waals surface area contributed by atoms with Gasteiger partial charge in [-0.2, -0.15) is 0 Å². The molecule has 0 fully saturated rings. The number of aldehydes is 2. The Bertz CT molecular complexity index is 818. The van der Waals surface area contributed by atoms with Gasteiger partial charge in [0, 0.05) is 0 Å². The number of ether oxygens (including phenoxy) is 6. The Morgan fingerprint density at radius 3 is 1.32 bits per heavy atom. The minimum absolute atomic E-state index is 0.0252. The third-order valence-corrected chi connectivity index (χ3v) is 3.69. The monoisotopic (exact) mass is 390 g/mol. The van der Waals surface area contributed by atoms with E-state index < -0.39 is 6.16 Å². The lowest BCUT2D eigenvalue weighted by molar-refractivity contribution is 0.111. The summed E-state index contributed by atoms with van der Waals surface area (Å²) in [5.74, 6) is 0.133. The molecule has 0 spiro atoms. The van der Waals surface area contributed by atoms with Crippen molar-refractivity contribution >= 4 is 18.7 Å². The number of benzene rings is 2. The summed E-state index contributed by atoms with van der Waals surface area (Å²) in [5, 5.41) is 0. The van der Waals surface area contributed by atoms with Gasteiger partial charge >= 0.3 is 6.16 Å². The minimum Gasteiger partial charge on any atom is -0.493 e. The highest BCUT2D eigenvalue weighted by Gasteiger charge is 2.24. The van der Waals surface area contributed by atoms with Gasteiger partial charge in [-0.3, -0.25) is 9.59 Å². The molecule has 2 aromatic carbocycles. The first kappa shape index (κ1) is 20.6. The van der Waals surface area contributed by atoms with Gasteiger partial charge in [-0.1, -0.05) is 0 Å². The number of carbonyl (C=O) groups is 3. The van der Waals surface area contributed by atoms with Crippen LogP contribution in [0.15, 0.2) is 24.3 Å². The fraction of sp³-hybridized carbons (Fsp3) is 0.211. The van der Waals surface area contributed by atoms with Gasteiger partial charge in [-0.15, -0.1) is 0 Å². The maximum absolute atomic E-state index is 12.4. The van der Waals surface area contributed by atoms with Crippen molar-refractivity contribution in [3.8, 4) is 34.5 Å². The average Bonchev–Trinajstić information content (AvgIpc) is 2.72. The second kappa shape index (κ2) is 9.26. The molecule has 0 unspecified atom stereocenters. The summed E-state index contributed by atoms with van der Waals surface area (Å²) in [5.41, 5.74) is 0.0608. The molecule has 28 heavy (non-hydrogen) atoms. The summed E-state index contributed by atoms with van der Waals surface area (Å²) < 4.78 is 30.9. The van der Waals surface area contributed by atoms with E-state index >= 15 is 0 Å². The van der Waals surface area contributed by atoms with Gasteiger partial charge in [0.1, 0.15) is 0 Å². The maximum Gasteiger partial charge on any atom is 0.519 e. The van der Waals surface area contributed by atoms with E-state index in [1.807, 2.05) is 0 Å². The summed E-state index contributed by atoms with van der Waals surface area (Å²) >= 11 is 0. The van der Waals surface area contributed by atoms with Crippen molar-refractivity contribution < 1.29 is 42.8 Å². The molecule has 0 aliphatic rings. The van der Waals surface area contributed by atoms with Crippen LogP contribution in [-0.2, 0) is 0 Å². The van der Waals surface area contributed by atoms with Crippen LogP contribution in [0, 0.1) is 0 Å². The van der Waals surface area contributed by atoms with Crippen molar-refractivity contribution in [2.24, 2.45) is 0 Å². The predicted molar refractivity (Wildman–Crippen MR) is 96.5 cm³/mol. The highest BCUT2D eigenvalue weighted by atomic mass is 16.7. The molecule has 0 bridgehead atoms. The molecule has 0 radical (unpaired) electrons. The zero-order valence-corrected chi connectivity index (χ0v) is 15.6. The van der Waals surface area contributed by atoms with Crippen molar-refractivity contribution in [3.05, 3.63) is 35.4 Å². The molecule has 9 heteroatoms. The summed E-state index contributed by atoms with van der Waals surface area (Å²) in [6.45, 7) is 0. The first-order valence-electron chi connectivity index (χ1n) is 7.84. The molecule has 0 amide bonds. The van der Waals surface area contributed by atoms with E-state index in [1.54, 1.807) is 0 Å². The van der Waals surface area contributed by atoms with Crippen molar-refractivity contribution in [2.45, 2.75) is 0 Å². The SMILES string of the molecule is COc1ccc(C=O)c(OC(=O)Oc2c(C=O)ccc(OC)c2OC)c1OC. The topological polar surface area (TPSA) is 107 Å². The molecule has 0 atom stereocenters. The van der Waals surface area contributed by atoms with Crippen LogP contribution in [0.3, 0.4) is 0 Å². The van der Waals surface area contributed by atoms with Crippen LogP contribution >= 0.6 is 0 Å². The van der Waals surface area contributed by atoms with E-state index in [2.05, 4.69) is 0 Å². The second-order valence-corrected chi connectivity index (χ2v) is 5.13. The van der Waals surface area contributed by atoms with E-state index in [0.717, 1.165) is 0 Å². The molecule has 0 aliphatic heterocycles. The third kappa shape index (κ3) is 3.98. The van der Waals surface area contributed by atoms with Gasteiger partial charge in [-0.25, -0.2) is 4.79 Å².